The van der Waals surface area contributed by atoms with Gasteiger partial charge in [-0.15, -0.1) is 0 Å². The average molecular weight is 295 g/mol. The van der Waals surface area contributed by atoms with Crippen molar-refractivity contribution in [2.45, 2.75) is 19.8 Å². The van der Waals surface area contributed by atoms with Crippen molar-refractivity contribution in [2.24, 2.45) is 0 Å². The van der Waals surface area contributed by atoms with Gasteiger partial charge < -0.3 is 19.5 Å². The second-order valence-corrected chi connectivity index (χ2v) is 4.58. The summed E-state index contributed by atoms with van der Waals surface area (Å²) in [5.41, 5.74) is 0.754. The highest BCUT2D eigenvalue weighted by Crippen LogP contribution is 2.27. The van der Waals surface area contributed by atoms with Crippen LogP contribution in [0.15, 0.2) is 18.2 Å². The van der Waals surface area contributed by atoms with Gasteiger partial charge in [-0.2, -0.15) is 0 Å². The molecule has 6 nitrogen and oxygen atoms in total. The number of hydrogen-bond acceptors (Lipinski definition) is 4. The first kappa shape index (κ1) is 16.8. The van der Waals surface area contributed by atoms with Gasteiger partial charge in [0.05, 0.1) is 20.6 Å². The summed E-state index contributed by atoms with van der Waals surface area (Å²) in [6, 6.07) is 5.22. The number of nitrogens with zero attached hydrogens (tertiary/aromatic N) is 1. The van der Waals surface area contributed by atoms with Crippen LogP contribution in [0.5, 0.6) is 11.5 Å². The number of rotatable bonds is 8. The summed E-state index contributed by atoms with van der Waals surface area (Å²) in [6.45, 7) is 2.05. The number of amides is 1. The number of carboxylic acids is 1. The van der Waals surface area contributed by atoms with Crippen LogP contribution in [0.3, 0.4) is 0 Å². The van der Waals surface area contributed by atoms with Crippen LogP contribution < -0.4 is 9.47 Å². The fourth-order valence-corrected chi connectivity index (χ4v) is 2.00. The minimum atomic E-state index is -1.01. The molecule has 0 radical (unpaired) electrons. The van der Waals surface area contributed by atoms with E-state index in [1.165, 1.54) is 12.0 Å². The summed E-state index contributed by atoms with van der Waals surface area (Å²) in [5, 5.41) is 8.85. The molecule has 6 heteroatoms. The third-order valence-electron chi connectivity index (χ3n) is 2.98. The molecule has 0 atom stereocenters. The molecule has 1 aromatic carbocycles. The first-order chi connectivity index (χ1) is 10.0. The van der Waals surface area contributed by atoms with Gasteiger partial charge in [0.25, 0.3) is 0 Å². The lowest BCUT2D eigenvalue weighted by molar-refractivity contribution is -0.144. The van der Waals surface area contributed by atoms with Gasteiger partial charge in [-0.05, 0) is 24.1 Å². The van der Waals surface area contributed by atoms with E-state index in [0.717, 1.165) is 5.56 Å². The van der Waals surface area contributed by atoms with Gasteiger partial charge in [-0.25, -0.2) is 0 Å². The van der Waals surface area contributed by atoms with E-state index in [0.29, 0.717) is 24.5 Å². The van der Waals surface area contributed by atoms with Gasteiger partial charge in [0.15, 0.2) is 11.5 Å². The van der Waals surface area contributed by atoms with Crippen molar-refractivity contribution in [1.29, 1.82) is 0 Å². The van der Waals surface area contributed by atoms with Crippen molar-refractivity contribution in [3.05, 3.63) is 23.8 Å². The SMILES string of the molecule is CCCN(CC(=O)O)C(=O)Cc1ccc(OC)c(OC)c1. The van der Waals surface area contributed by atoms with E-state index in [1.54, 1.807) is 25.3 Å². The molecular weight excluding hydrogens is 274 g/mol. The summed E-state index contributed by atoms with van der Waals surface area (Å²) in [6.07, 6.45) is 0.846. The maximum absolute atomic E-state index is 12.2. The molecule has 0 saturated carbocycles. The number of aliphatic carboxylic acids is 1. The fourth-order valence-electron chi connectivity index (χ4n) is 2.00. The van der Waals surface area contributed by atoms with Gasteiger partial charge >= 0.3 is 5.97 Å². The first-order valence-electron chi connectivity index (χ1n) is 6.72. The summed E-state index contributed by atoms with van der Waals surface area (Å²) < 4.78 is 10.3. The summed E-state index contributed by atoms with van der Waals surface area (Å²) in [4.78, 5) is 24.3. The number of ether oxygens (including phenoxy) is 2. The summed E-state index contributed by atoms with van der Waals surface area (Å²) >= 11 is 0. The Labute approximate surface area is 124 Å². The molecule has 116 valence electrons. The molecular formula is C15H21NO5. The molecule has 0 aromatic heterocycles. The zero-order valence-electron chi connectivity index (χ0n) is 12.6. The second-order valence-electron chi connectivity index (χ2n) is 4.58. The van der Waals surface area contributed by atoms with Gasteiger partial charge in [-0.3, -0.25) is 9.59 Å². The van der Waals surface area contributed by atoms with E-state index < -0.39 is 5.97 Å². The fraction of sp³-hybridized carbons (Fsp3) is 0.467. The van der Waals surface area contributed by atoms with Crippen LogP contribution in [0.4, 0.5) is 0 Å². The van der Waals surface area contributed by atoms with Crippen molar-refractivity contribution in [3.63, 3.8) is 0 Å². The third-order valence-corrected chi connectivity index (χ3v) is 2.98. The monoisotopic (exact) mass is 295 g/mol. The Bertz CT molecular complexity index is 501. The standard InChI is InChI=1S/C15H21NO5/c1-4-7-16(10-15(18)19)14(17)9-11-5-6-12(20-2)13(8-11)21-3/h5-6,8H,4,7,9-10H2,1-3H3,(H,18,19). The third kappa shape index (κ3) is 4.98. The van der Waals surface area contributed by atoms with Crippen LogP contribution in [0, 0.1) is 0 Å². The quantitative estimate of drug-likeness (QED) is 0.788. The van der Waals surface area contributed by atoms with E-state index in [-0.39, 0.29) is 18.9 Å². The predicted octanol–water partition coefficient (Wildman–Crippen LogP) is 1.57. The number of carbonyl (C=O) groups excluding carboxylic acids is 1. The molecule has 1 amide bonds. The topological polar surface area (TPSA) is 76.1 Å². The lowest BCUT2D eigenvalue weighted by Gasteiger charge is -2.20. The number of hydrogen-bond donors (Lipinski definition) is 1. The Hall–Kier alpha value is -2.24. The molecule has 0 bridgehead atoms. The Balaban J connectivity index is 2.82. The molecule has 0 heterocycles. The van der Waals surface area contributed by atoms with Crippen LogP contribution in [-0.4, -0.2) is 49.2 Å². The van der Waals surface area contributed by atoms with E-state index in [4.69, 9.17) is 14.6 Å². The van der Waals surface area contributed by atoms with Gasteiger partial charge in [0.2, 0.25) is 5.91 Å². The van der Waals surface area contributed by atoms with E-state index >= 15 is 0 Å². The number of methoxy groups -OCH3 is 2. The molecule has 0 fully saturated rings. The molecule has 0 unspecified atom stereocenters. The van der Waals surface area contributed by atoms with Crippen molar-refractivity contribution in [1.82, 2.24) is 4.90 Å². The van der Waals surface area contributed by atoms with E-state index in [9.17, 15) is 9.59 Å². The Morgan fingerprint density at radius 1 is 1.19 bits per heavy atom. The Morgan fingerprint density at radius 2 is 1.86 bits per heavy atom. The van der Waals surface area contributed by atoms with Gasteiger partial charge in [-0.1, -0.05) is 13.0 Å². The largest absolute Gasteiger partial charge is 0.493 e. The average Bonchev–Trinajstić information content (AvgIpc) is 2.46. The Morgan fingerprint density at radius 3 is 2.38 bits per heavy atom. The van der Waals surface area contributed by atoms with Crippen molar-refractivity contribution < 1.29 is 24.2 Å². The van der Waals surface area contributed by atoms with Crippen LogP contribution >= 0.6 is 0 Å². The number of carbonyl (C=O) groups is 2. The highest BCUT2D eigenvalue weighted by atomic mass is 16.5. The molecule has 21 heavy (non-hydrogen) atoms. The van der Waals surface area contributed by atoms with E-state index in [2.05, 4.69) is 0 Å². The minimum absolute atomic E-state index is 0.133. The molecule has 0 aliphatic heterocycles. The Kier molecular flexibility index (Phi) is 6.52. The van der Waals surface area contributed by atoms with Gasteiger partial charge in [0.1, 0.15) is 6.54 Å². The zero-order valence-corrected chi connectivity index (χ0v) is 12.6. The lowest BCUT2D eigenvalue weighted by Crippen LogP contribution is -2.37. The van der Waals surface area contributed by atoms with Crippen LogP contribution in [0.1, 0.15) is 18.9 Å². The molecule has 1 rings (SSSR count). The molecule has 0 saturated heterocycles. The lowest BCUT2D eigenvalue weighted by atomic mass is 10.1. The van der Waals surface area contributed by atoms with Crippen LogP contribution in [-0.2, 0) is 16.0 Å². The molecule has 0 spiro atoms. The minimum Gasteiger partial charge on any atom is -0.493 e. The first-order valence-corrected chi connectivity index (χ1v) is 6.72. The van der Waals surface area contributed by atoms with Crippen LogP contribution in [0.25, 0.3) is 0 Å². The van der Waals surface area contributed by atoms with E-state index in [1.807, 2.05) is 6.92 Å². The second kappa shape index (κ2) is 8.14. The van der Waals surface area contributed by atoms with Crippen LogP contribution in [0.2, 0.25) is 0 Å². The van der Waals surface area contributed by atoms with Gasteiger partial charge in [0, 0.05) is 6.54 Å². The molecule has 0 aliphatic carbocycles. The molecule has 0 aliphatic rings. The molecule has 1 N–H and O–H groups in total. The number of benzene rings is 1. The predicted molar refractivity (Wildman–Crippen MR) is 77.8 cm³/mol. The smallest absolute Gasteiger partial charge is 0.323 e. The summed E-state index contributed by atoms with van der Waals surface area (Å²) in [7, 11) is 3.07. The zero-order chi connectivity index (χ0) is 15.8. The maximum Gasteiger partial charge on any atom is 0.323 e. The van der Waals surface area contributed by atoms with Crippen molar-refractivity contribution >= 4 is 11.9 Å². The van der Waals surface area contributed by atoms with Crippen molar-refractivity contribution in [2.75, 3.05) is 27.3 Å². The number of carboxylic acid groups (broad SMARTS) is 1. The highest BCUT2D eigenvalue weighted by Gasteiger charge is 2.17. The maximum atomic E-state index is 12.2. The highest BCUT2D eigenvalue weighted by molar-refractivity contribution is 5.83. The molecule has 1 aromatic rings. The summed E-state index contributed by atoms with van der Waals surface area (Å²) in [5.74, 6) is -0.0942. The van der Waals surface area contributed by atoms with Crippen molar-refractivity contribution in [3.8, 4) is 11.5 Å². The normalized spacial score (nSPS) is 10.0.